The number of nitrogens with one attached hydrogen (secondary N) is 1. The minimum Gasteiger partial charge on any atom is -0.454 e. The van der Waals surface area contributed by atoms with E-state index in [9.17, 15) is 0 Å². The Kier molecular flexibility index (Phi) is 3.78. The fourth-order valence-corrected chi connectivity index (χ4v) is 4.61. The van der Waals surface area contributed by atoms with Crippen LogP contribution in [-0.4, -0.2) is 57.5 Å². The Labute approximate surface area is 154 Å². The third kappa shape index (κ3) is 2.71. The van der Waals surface area contributed by atoms with Crippen LogP contribution in [0.5, 0.6) is 11.5 Å². The van der Waals surface area contributed by atoms with Gasteiger partial charge in [-0.05, 0) is 43.4 Å². The topological polar surface area (TPSA) is 55.3 Å². The summed E-state index contributed by atoms with van der Waals surface area (Å²) in [6, 6.07) is 6.38. The predicted octanol–water partition coefficient (Wildman–Crippen LogP) is 2.13. The van der Waals surface area contributed by atoms with E-state index in [0.29, 0.717) is 12.2 Å². The molecule has 1 saturated carbocycles. The van der Waals surface area contributed by atoms with Gasteiger partial charge in [-0.15, -0.1) is 0 Å². The standard InChI is InChI=1S/C20H27N3O3/c1-21-18(23-8-6-19(12-23)7-9-24-13-19)22-11-20(4-5-20)15-2-3-16-17(10-15)26-14-25-16/h2-3,10H,4-9,11-14H2,1H3,(H,21,22). The molecule has 3 fully saturated rings. The van der Waals surface area contributed by atoms with Crippen molar-refractivity contribution in [2.24, 2.45) is 10.4 Å². The predicted molar refractivity (Wildman–Crippen MR) is 98.9 cm³/mol. The zero-order chi connectivity index (χ0) is 17.6. The normalized spacial score (nSPS) is 28.8. The van der Waals surface area contributed by atoms with E-state index < -0.39 is 0 Å². The molecule has 3 aliphatic heterocycles. The molecule has 0 bridgehead atoms. The quantitative estimate of drug-likeness (QED) is 0.663. The van der Waals surface area contributed by atoms with Gasteiger partial charge < -0.3 is 24.4 Å². The first kappa shape index (κ1) is 16.2. The maximum absolute atomic E-state index is 5.65. The lowest BCUT2D eigenvalue weighted by Gasteiger charge is -2.26. The third-order valence-electron chi connectivity index (χ3n) is 6.56. The highest BCUT2D eigenvalue weighted by molar-refractivity contribution is 5.80. The van der Waals surface area contributed by atoms with E-state index >= 15 is 0 Å². The first-order valence-corrected chi connectivity index (χ1v) is 9.66. The summed E-state index contributed by atoms with van der Waals surface area (Å²) in [6.45, 7) is 5.19. The van der Waals surface area contributed by atoms with Crippen LogP contribution in [0.1, 0.15) is 31.2 Å². The minimum atomic E-state index is 0.199. The molecule has 1 N–H and O–H groups in total. The van der Waals surface area contributed by atoms with Crippen LogP contribution in [0.15, 0.2) is 23.2 Å². The molecule has 6 nitrogen and oxygen atoms in total. The van der Waals surface area contributed by atoms with Crippen LogP contribution >= 0.6 is 0 Å². The van der Waals surface area contributed by atoms with Crippen molar-refractivity contribution in [2.45, 2.75) is 31.1 Å². The zero-order valence-electron chi connectivity index (χ0n) is 15.4. The Morgan fingerprint density at radius 3 is 2.85 bits per heavy atom. The molecule has 1 aliphatic carbocycles. The molecule has 1 spiro atoms. The van der Waals surface area contributed by atoms with E-state index in [1.807, 2.05) is 13.1 Å². The summed E-state index contributed by atoms with van der Waals surface area (Å²) in [5.41, 5.74) is 1.89. The fraction of sp³-hybridized carbons (Fsp3) is 0.650. The Hall–Kier alpha value is -1.95. The second-order valence-electron chi connectivity index (χ2n) is 8.22. The lowest BCUT2D eigenvalue weighted by molar-refractivity contribution is 0.156. The van der Waals surface area contributed by atoms with Crippen molar-refractivity contribution in [1.29, 1.82) is 0 Å². The average molecular weight is 357 g/mol. The van der Waals surface area contributed by atoms with E-state index in [1.54, 1.807) is 0 Å². The Balaban J connectivity index is 1.25. The first-order chi connectivity index (χ1) is 12.7. The molecule has 26 heavy (non-hydrogen) atoms. The summed E-state index contributed by atoms with van der Waals surface area (Å²) in [7, 11) is 1.89. The summed E-state index contributed by atoms with van der Waals surface area (Å²) in [5, 5.41) is 3.65. The van der Waals surface area contributed by atoms with Crippen LogP contribution in [0.3, 0.4) is 0 Å². The van der Waals surface area contributed by atoms with Gasteiger partial charge in [0.15, 0.2) is 17.5 Å². The van der Waals surface area contributed by atoms with Crippen molar-refractivity contribution in [1.82, 2.24) is 10.2 Å². The number of likely N-dealkylation sites (tertiary alicyclic amines) is 1. The van der Waals surface area contributed by atoms with Crippen molar-refractivity contribution in [3.63, 3.8) is 0 Å². The molecule has 5 rings (SSSR count). The number of rotatable bonds is 3. The molecule has 0 radical (unpaired) electrons. The van der Waals surface area contributed by atoms with Crippen molar-refractivity contribution in [3.05, 3.63) is 23.8 Å². The van der Waals surface area contributed by atoms with E-state index in [-0.39, 0.29) is 5.41 Å². The molecule has 4 aliphatic rings. The van der Waals surface area contributed by atoms with Gasteiger partial charge in [-0.25, -0.2) is 0 Å². The van der Waals surface area contributed by atoms with Crippen LogP contribution in [-0.2, 0) is 10.2 Å². The largest absolute Gasteiger partial charge is 0.454 e. The van der Waals surface area contributed by atoms with Crippen molar-refractivity contribution >= 4 is 5.96 Å². The van der Waals surface area contributed by atoms with Gasteiger partial charge in [-0.3, -0.25) is 4.99 Å². The Morgan fingerprint density at radius 2 is 2.08 bits per heavy atom. The number of nitrogens with zero attached hydrogens (tertiary/aromatic N) is 2. The molecule has 140 valence electrons. The van der Waals surface area contributed by atoms with Gasteiger partial charge in [0.1, 0.15) is 0 Å². The highest BCUT2D eigenvalue weighted by Gasteiger charge is 2.46. The molecule has 1 aromatic carbocycles. The molecule has 1 atom stereocenters. The molecular weight excluding hydrogens is 330 g/mol. The Morgan fingerprint density at radius 1 is 1.19 bits per heavy atom. The van der Waals surface area contributed by atoms with Crippen LogP contribution in [0, 0.1) is 5.41 Å². The van der Waals surface area contributed by atoms with Crippen LogP contribution < -0.4 is 14.8 Å². The molecule has 6 heteroatoms. The fourth-order valence-electron chi connectivity index (χ4n) is 4.61. The summed E-state index contributed by atoms with van der Waals surface area (Å²) in [5.74, 6) is 2.76. The molecule has 0 aromatic heterocycles. The number of benzene rings is 1. The number of fused-ring (bicyclic) bond motifs is 1. The van der Waals surface area contributed by atoms with Gasteiger partial charge in [0, 0.05) is 44.1 Å². The van der Waals surface area contributed by atoms with Crippen molar-refractivity contribution < 1.29 is 14.2 Å². The van der Waals surface area contributed by atoms with Crippen molar-refractivity contribution in [2.75, 3.05) is 46.7 Å². The lowest BCUT2D eigenvalue weighted by atomic mass is 9.87. The van der Waals surface area contributed by atoms with Gasteiger partial charge in [-0.2, -0.15) is 0 Å². The zero-order valence-corrected chi connectivity index (χ0v) is 15.4. The number of aliphatic imine (C=N–C) groups is 1. The van der Waals surface area contributed by atoms with E-state index in [4.69, 9.17) is 14.2 Å². The number of ether oxygens (including phenoxy) is 3. The smallest absolute Gasteiger partial charge is 0.231 e. The van der Waals surface area contributed by atoms with Gasteiger partial charge in [0.05, 0.1) is 6.61 Å². The van der Waals surface area contributed by atoms with Gasteiger partial charge in [-0.1, -0.05) is 6.07 Å². The second-order valence-corrected chi connectivity index (χ2v) is 8.22. The molecular formula is C20H27N3O3. The highest BCUT2D eigenvalue weighted by Crippen LogP contribution is 2.50. The maximum Gasteiger partial charge on any atom is 0.231 e. The van der Waals surface area contributed by atoms with Crippen LogP contribution in [0.4, 0.5) is 0 Å². The average Bonchev–Trinajstić information content (AvgIpc) is 3.05. The van der Waals surface area contributed by atoms with Gasteiger partial charge >= 0.3 is 0 Å². The van der Waals surface area contributed by atoms with Crippen LogP contribution in [0.2, 0.25) is 0 Å². The SMILES string of the molecule is CN=C(NCC1(c2ccc3c(c2)OCO3)CC1)N1CCC2(CCOC2)C1. The summed E-state index contributed by atoms with van der Waals surface area (Å²) in [6.07, 6.45) is 4.80. The number of hydrogen-bond donors (Lipinski definition) is 1. The second kappa shape index (κ2) is 6.05. The monoisotopic (exact) mass is 357 g/mol. The molecule has 3 heterocycles. The molecule has 2 saturated heterocycles. The lowest BCUT2D eigenvalue weighted by Crippen LogP contribution is -2.44. The number of hydrogen-bond acceptors (Lipinski definition) is 4. The number of guanidine groups is 1. The Bertz CT molecular complexity index is 723. The highest BCUT2D eigenvalue weighted by atomic mass is 16.7. The summed E-state index contributed by atoms with van der Waals surface area (Å²) in [4.78, 5) is 6.96. The van der Waals surface area contributed by atoms with Gasteiger partial charge in [0.2, 0.25) is 6.79 Å². The first-order valence-electron chi connectivity index (χ1n) is 9.66. The molecule has 0 amide bonds. The van der Waals surface area contributed by atoms with Crippen LogP contribution in [0.25, 0.3) is 0 Å². The van der Waals surface area contributed by atoms with E-state index in [1.165, 1.54) is 31.2 Å². The molecule has 1 unspecified atom stereocenters. The van der Waals surface area contributed by atoms with E-state index in [0.717, 1.165) is 50.3 Å². The minimum absolute atomic E-state index is 0.199. The summed E-state index contributed by atoms with van der Waals surface area (Å²) >= 11 is 0. The third-order valence-corrected chi connectivity index (χ3v) is 6.56. The maximum atomic E-state index is 5.65. The van der Waals surface area contributed by atoms with Gasteiger partial charge in [0.25, 0.3) is 0 Å². The summed E-state index contributed by atoms with van der Waals surface area (Å²) < 4.78 is 16.7. The van der Waals surface area contributed by atoms with E-state index in [2.05, 4.69) is 27.3 Å². The van der Waals surface area contributed by atoms with Crippen molar-refractivity contribution in [3.8, 4) is 11.5 Å². The molecule has 1 aromatic rings.